The van der Waals surface area contributed by atoms with Crippen LogP contribution in [0.4, 0.5) is 0 Å². The molecule has 3 aliphatic rings. The van der Waals surface area contributed by atoms with Gasteiger partial charge in [0.25, 0.3) is 10.0 Å². The van der Waals surface area contributed by atoms with Crippen LogP contribution in [-0.4, -0.2) is 62.8 Å². The summed E-state index contributed by atoms with van der Waals surface area (Å²) < 4.78 is 27.6. The largest absolute Gasteiger partial charge is 0.342 e. The van der Waals surface area contributed by atoms with Crippen molar-refractivity contribution in [3.05, 3.63) is 17.0 Å². The fraction of sp³-hybridized carbons (Fsp3) is 0.706. The number of aryl methyl sites for hydroxylation is 1. The number of amides is 1. The van der Waals surface area contributed by atoms with Crippen LogP contribution in [0.25, 0.3) is 0 Å². The van der Waals surface area contributed by atoms with Crippen molar-refractivity contribution in [3.8, 4) is 0 Å². The molecule has 0 radical (unpaired) electrons. The second-order valence-electron chi connectivity index (χ2n) is 7.49. The quantitative estimate of drug-likeness (QED) is 0.807. The monoisotopic (exact) mass is 419 g/mol. The first-order valence-electron chi connectivity index (χ1n) is 9.01. The Balaban J connectivity index is 0.00000196. The zero-order valence-electron chi connectivity index (χ0n) is 14.9. The number of hydrogen-bond donors (Lipinski definition) is 1. The van der Waals surface area contributed by atoms with Gasteiger partial charge in [0.15, 0.2) is 0 Å². The van der Waals surface area contributed by atoms with Gasteiger partial charge in [-0.1, -0.05) is 0 Å². The predicted molar refractivity (Wildman–Crippen MR) is 104 cm³/mol. The average Bonchev–Trinajstić information content (AvgIpc) is 3.30. The van der Waals surface area contributed by atoms with Crippen LogP contribution in [0.2, 0.25) is 0 Å². The maximum absolute atomic E-state index is 12.9. The summed E-state index contributed by atoms with van der Waals surface area (Å²) in [6.07, 6.45) is 1.54. The SMILES string of the molecule is Cc1ccc(S(=O)(=O)N2CCCC(C(=O)N3C[C@H]4CNC[C@H]4C3)C2)s1.Cl. The summed E-state index contributed by atoms with van der Waals surface area (Å²) in [5, 5.41) is 3.39. The number of carbonyl (C=O) groups is 1. The number of thiophene rings is 1. The minimum absolute atomic E-state index is 0. The molecular formula is C17H26ClN3O3S2. The molecule has 1 aromatic heterocycles. The third-order valence-corrected chi connectivity index (χ3v) is 9.08. The van der Waals surface area contributed by atoms with E-state index in [0.29, 0.717) is 29.1 Å². The number of nitrogens with one attached hydrogen (secondary N) is 1. The summed E-state index contributed by atoms with van der Waals surface area (Å²) in [5.41, 5.74) is 0. The number of hydrogen-bond acceptors (Lipinski definition) is 5. The number of likely N-dealkylation sites (tertiary alicyclic amines) is 1. The van der Waals surface area contributed by atoms with Crippen LogP contribution in [0.1, 0.15) is 17.7 Å². The number of fused-ring (bicyclic) bond motifs is 1. The van der Waals surface area contributed by atoms with Crippen molar-refractivity contribution in [2.24, 2.45) is 17.8 Å². The molecule has 3 atom stereocenters. The second kappa shape index (κ2) is 7.75. The van der Waals surface area contributed by atoms with Gasteiger partial charge < -0.3 is 10.2 Å². The average molecular weight is 420 g/mol. The molecule has 0 spiro atoms. The van der Waals surface area contributed by atoms with Crippen LogP contribution in [0.5, 0.6) is 0 Å². The molecule has 4 heterocycles. The second-order valence-corrected chi connectivity index (χ2v) is 10.9. The van der Waals surface area contributed by atoms with Crippen LogP contribution in [0.3, 0.4) is 0 Å². The van der Waals surface area contributed by atoms with Gasteiger partial charge in [-0.2, -0.15) is 4.31 Å². The zero-order chi connectivity index (χ0) is 17.6. The van der Waals surface area contributed by atoms with Gasteiger partial charge in [-0.15, -0.1) is 23.7 Å². The smallest absolute Gasteiger partial charge is 0.252 e. The molecule has 1 N–H and O–H groups in total. The number of piperidine rings is 1. The highest BCUT2D eigenvalue weighted by atomic mass is 35.5. The van der Waals surface area contributed by atoms with Gasteiger partial charge >= 0.3 is 0 Å². The van der Waals surface area contributed by atoms with E-state index < -0.39 is 10.0 Å². The first kappa shape index (κ1) is 20.1. The van der Waals surface area contributed by atoms with E-state index in [1.54, 1.807) is 6.07 Å². The Labute approximate surface area is 165 Å². The van der Waals surface area contributed by atoms with Gasteiger partial charge in [0.2, 0.25) is 5.91 Å². The molecule has 0 aromatic carbocycles. The Morgan fingerprint density at radius 1 is 1.19 bits per heavy atom. The molecule has 9 heteroatoms. The maximum atomic E-state index is 12.9. The molecule has 1 amide bonds. The van der Waals surface area contributed by atoms with Crippen molar-refractivity contribution >= 4 is 39.7 Å². The van der Waals surface area contributed by atoms with Gasteiger partial charge in [0.1, 0.15) is 4.21 Å². The topological polar surface area (TPSA) is 69.7 Å². The normalized spacial score (nSPS) is 29.4. The van der Waals surface area contributed by atoms with E-state index in [0.717, 1.165) is 43.9 Å². The molecular weight excluding hydrogens is 394 g/mol. The molecule has 0 aliphatic carbocycles. The fourth-order valence-corrected chi connectivity index (χ4v) is 7.30. The predicted octanol–water partition coefficient (Wildman–Crippen LogP) is 1.56. The zero-order valence-corrected chi connectivity index (χ0v) is 17.3. The molecule has 26 heavy (non-hydrogen) atoms. The summed E-state index contributed by atoms with van der Waals surface area (Å²) in [5.74, 6) is 1.09. The van der Waals surface area contributed by atoms with Crippen molar-refractivity contribution in [1.82, 2.24) is 14.5 Å². The number of sulfonamides is 1. The van der Waals surface area contributed by atoms with Crippen molar-refractivity contribution < 1.29 is 13.2 Å². The van der Waals surface area contributed by atoms with E-state index in [-0.39, 0.29) is 24.2 Å². The summed E-state index contributed by atoms with van der Waals surface area (Å²) >= 11 is 1.30. The van der Waals surface area contributed by atoms with Crippen molar-refractivity contribution in [1.29, 1.82) is 0 Å². The maximum Gasteiger partial charge on any atom is 0.252 e. The highest BCUT2D eigenvalue weighted by Crippen LogP contribution is 2.31. The lowest BCUT2D eigenvalue weighted by Gasteiger charge is -2.33. The van der Waals surface area contributed by atoms with E-state index >= 15 is 0 Å². The van der Waals surface area contributed by atoms with E-state index in [1.807, 2.05) is 17.9 Å². The molecule has 1 unspecified atom stereocenters. The summed E-state index contributed by atoms with van der Waals surface area (Å²) in [4.78, 5) is 15.9. The van der Waals surface area contributed by atoms with Gasteiger partial charge in [0, 0.05) is 44.1 Å². The molecule has 4 rings (SSSR count). The Hall–Kier alpha value is -0.670. The van der Waals surface area contributed by atoms with Crippen LogP contribution >= 0.6 is 23.7 Å². The molecule has 3 saturated heterocycles. The molecule has 3 aliphatic heterocycles. The first-order valence-corrected chi connectivity index (χ1v) is 11.3. The highest BCUT2D eigenvalue weighted by Gasteiger charge is 2.41. The lowest BCUT2D eigenvalue weighted by Crippen LogP contribution is -2.46. The minimum Gasteiger partial charge on any atom is -0.342 e. The van der Waals surface area contributed by atoms with Crippen LogP contribution in [-0.2, 0) is 14.8 Å². The highest BCUT2D eigenvalue weighted by molar-refractivity contribution is 7.91. The van der Waals surface area contributed by atoms with E-state index in [1.165, 1.54) is 15.6 Å². The third kappa shape index (κ3) is 3.67. The molecule has 0 saturated carbocycles. The lowest BCUT2D eigenvalue weighted by atomic mass is 9.98. The van der Waals surface area contributed by atoms with Gasteiger partial charge in [-0.05, 0) is 43.7 Å². The van der Waals surface area contributed by atoms with E-state index in [9.17, 15) is 13.2 Å². The van der Waals surface area contributed by atoms with Gasteiger partial charge in [0.05, 0.1) is 5.92 Å². The molecule has 6 nitrogen and oxygen atoms in total. The Morgan fingerprint density at radius 2 is 1.88 bits per heavy atom. The van der Waals surface area contributed by atoms with Crippen molar-refractivity contribution in [3.63, 3.8) is 0 Å². The Bertz CT molecular complexity index is 755. The van der Waals surface area contributed by atoms with E-state index in [2.05, 4.69) is 5.32 Å². The number of halogens is 1. The summed E-state index contributed by atoms with van der Waals surface area (Å²) in [7, 11) is -3.48. The lowest BCUT2D eigenvalue weighted by molar-refractivity contribution is -0.135. The minimum atomic E-state index is -3.48. The third-order valence-electron chi connectivity index (χ3n) is 5.74. The van der Waals surface area contributed by atoms with Crippen molar-refractivity contribution in [2.45, 2.75) is 24.0 Å². The first-order chi connectivity index (χ1) is 11.9. The van der Waals surface area contributed by atoms with Crippen molar-refractivity contribution in [2.75, 3.05) is 39.3 Å². The molecule has 1 aromatic rings. The molecule has 3 fully saturated rings. The molecule has 146 valence electrons. The van der Waals surface area contributed by atoms with E-state index in [4.69, 9.17) is 0 Å². The summed E-state index contributed by atoms with van der Waals surface area (Å²) in [6, 6.07) is 3.51. The molecule has 0 bridgehead atoms. The fourth-order valence-electron chi connectivity index (χ4n) is 4.33. The van der Waals surface area contributed by atoms with Crippen LogP contribution < -0.4 is 5.32 Å². The standard InChI is InChI=1S/C17H25N3O3S2.ClH/c1-12-4-5-16(24-12)25(22,23)20-6-2-3-13(11-20)17(21)19-9-14-7-18-8-15(14)10-19;/h4-5,13-15,18H,2-3,6-11H2,1H3;1H/t13?,14-,15+;. The van der Waals surface area contributed by atoms with Gasteiger partial charge in [-0.3, -0.25) is 4.79 Å². The summed E-state index contributed by atoms with van der Waals surface area (Å²) in [6.45, 7) is 6.38. The number of carbonyl (C=O) groups excluding carboxylic acids is 1. The van der Waals surface area contributed by atoms with Crippen LogP contribution in [0.15, 0.2) is 16.3 Å². The Morgan fingerprint density at radius 3 is 2.50 bits per heavy atom. The number of rotatable bonds is 3. The Kier molecular flexibility index (Phi) is 5.99. The number of nitrogens with zero attached hydrogens (tertiary/aromatic N) is 2. The van der Waals surface area contributed by atoms with Gasteiger partial charge in [-0.25, -0.2) is 8.42 Å². The van der Waals surface area contributed by atoms with Crippen LogP contribution in [0, 0.1) is 24.7 Å².